The van der Waals surface area contributed by atoms with Crippen molar-refractivity contribution in [2.45, 2.75) is 77.8 Å². The molecule has 2 bridgehead atoms. The third-order valence-electron chi connectivity index (χ3n) is 7.92. The number of nitrogens with two attached hydrogens (primary N) is 1. The fourth-order valence-electron chi connectivity index (χ4n) is 6.19. The van der Waals surface area contributed by atoms with Crippen molar-refractivity contribution in [2.75, 3.05) is 19.7 Å². The molecule has 1 heterocycles. The van der Waals surface area contributed by atoms with Gasteiger partial charge in [0.1, 0.15) is 6.04 Å². The average Bonchev–Trinajstić information content (AvgIpc) is 2.87. The summed E-state index contributed by atoms with van der Waals surface area (Å²) < 4.78 is 5.36. The molecule has 132 valence electrons. The van der Waals surface area contributed by atoms with E-state index in [2.05, 4.69) is 25.7 Å². The molecule has 4 heteroatoms. The summed E-state index contributed by atoms with van der Waals surface area (Å²) in [6.45, 7) is 11.6. The Hall–Kier alpha value is -0.610. The van der Waals surface area contributed by atoms with Crippen molar-refractivity contribution in [3.05, 3.63) is 0 Å². The highest BCUT2D eigenvalue weighted by atomic mass is 16.5. The number of piperidine rings is 1. The van der Waals surface area contributed by atoms with Crippen LogP contribution >= 0.6 is 0 Å². The first-order valence-corrected chi connectivity index (χ1v) is 9.48. The van der Waals surface area contributed by atoms with Crippen molar-refractivity contribution in [1.82, 2.24) is 4.90 Å². The molecule has 0 amide bonds. The Kier molecular flexibility index (Phi) is 4.29. The largest absolute Gasteiger partial charge is 0.465 e. The number of hydrogen-bond donors (Lipinski definition) is 1. The summed E-state index contributed by atoms with van der Waals surface area (Å²) in [6, 6.07) is -0.532. The first-order chi connectivity index (χ1) is 10.8. The van der Waals surface area contributed by atoms with Crippen molar-refractivity contribution >= 4 is 5.97 Å². The molecule has 0 aromatic carbocycles. The molecule has 23 heavy (non-hydrogen) atoms. The topological polar surface area (TPSA) is 55.6 Å². The number of likely N-dealkylation sites (tertiary alicyclic amines) is 1. The molecule has 2 saturated carbocycles. The predicted molar refractivity (Wildman–Crippen MR) is 92.0 cm³/mol. The molecule has 3 aliphatic rings. The van der Waals surface area contributed by atoms with Crippen molar-refractivity contribution in [3.63, 3.8) is 0 Å². The quantitative estimate of drug-likeness (QED) is 0.809. The maximum Gasteiger partial charge on any atom is 0.324 e. The highest BCUT2D eigenvalue weighted by Crippen LogP contribution is 2.72. The first-order valence-electron chi connectivity index (χ1n) is 9.48. The van der Waals surface area contributed by atoms with Crippen molar-refractivity contribution in [3.8, 4) is 0 Å². The van der Waals surface area contributed by atoms with Crippen LogP contribution in [-0.4, -0.2) is 42.1 Å². The minimum absolute atomic E-state index is 0.0776. The molecule has 3 rings (SSSR count). The molecular formula is C19H34N2O2. The van der Waals surface area contributed by atoms with E-state index in [0.29, 0.717) is 12.5 Å². The minimum atomic E-state index is -0.532. The SMILES string of the molecule is CCOC(=O)[C@H](N)[C@@]1(N2CCCCC2)C[C@H]2CC[C@@]1(C)C2(C)C. The zero-order chi connectivity index (χ0) is 16.9. The molecule has 2 N–H and O–H groups in total. The van der Waals surface area contributed by atoms with Gasteiger partial charge >= 0.3 is 5.97 Å². The normalized spacial score (nSPS) is 41.0. The number of fused-ring (bicyclic) bond motifs is 2. The molecule has 0 aromatic heterocycles. The molecule has 1 saturated heterocycles. The summed E-state index contributed by atoms with van der Waals surface area (Å²) >= 11 is 0. The highest BCUT2D eigenvalue weighted by Gasteiger charge is 2.73. The summed E-state index contributed by atoms with van der Waals surface area (Å²) in [5.74, 6) is 0.456. The van der Waals surface area contributed by atoms with Gasteiger partial charge in [0, 0.05) is 0 Å². The van der Waals surface area contributed by atoms with Crippen molar-refractivity contribution < 1.29 is 9.53 Å². The molecule has 0 spiro atoms. The van der Waals surface area contributed by atoms with E-state index in [-0.39, 0.29) is 22.3 Å². The standard InChI is InChI=1S/C19H34N2O2/c1-5-23-16(22)15(20)19(21-11-7-6-8-12-21)13-14-9-10-18(19,4)17(14,2)3/h14-15H,5-13,20H2,1-4H3/t14-,15+,18+,19+/m1/s1. The van der Waals surface area contributed by atoms with E-state index in [1.807, 2.05) is 6.92 Å². The molecule has 0 unspecified atom stereocenters. The van der Waals surface area contributed by atoms with E-state index in [9.17, 15) is 4.79 Å². The lowest BCUT2D eigenvalue weighted by Gasteiger charge is -2.57. The monoisotopic (exact) mass is 322 g/mol. The second kappa shape index (κ2) is 5.73. The fourth-order valence-corrected chi connectivity index (χ4v) is 6.19. The van der Waals surface area contributed by atoms with Crippen LogP contribution in [0.4, 0.5) is 0 Å². The first kappa shape index (κ1) is 17.2. The number of carbonyl (C=O) groups is 1. The summed E-state index contributed by atoms with van der Waals surface area (Å²) in [4.78, 5) is 15.2. The molecule has 2 aliphatic carbocycles. The molecule has 4 nitrogen and oxygen atoms in total. The predicted octanol–water partition coefficient (Wildman–Crippen LogP) is 2.95. The van der Waals surface area contributed by atoms with Gasteiger partial charge in [-0.15, -0.1) is 0 Å². The van der Waals surface area contributed by atoms with Gasteiger partial charge in [-0.25, -0.2) is 0 Å². The summed E-state index contributed by atoms with van der Waals surface area (Å²) in [7, 11) is 0. The number of hydrogen-bond acceptors (Lipinski definition) is 4. The number of ether oxygens (including phenoxy) is 1. The Morgan fingerprint density at radius 3 is 2.39 bits per heavy atom. The molecule has 4 atom stereocenters. The van der Waals surface area contributed by atoms with Crippen LogP contribution < -0.4 is 5.73 Å². The second-order valence-corrected chi connectivity index (χ2v) is 8.70. The van der Waals surface area contributed by atoms with E-state index < -0.39 is 6.04 Å². The Morgan fingerprint density at radius 2 is 1.91 bits per heavy atom. The van der Waals surface area contributed by atoms with Crippen LogP contribution in [0.5, 0.6) is 0 Å². The van der Waals surface area contributed by atoms with Gasteiger partial charge in [-0.05, 0) is 68.9 Å². The van der Waals surface area contributed by atoms with Gasteiger partial charge in [0.2, 0.25) is 0 Å². The molecule has 3 fully saturated rings. The number of rotatable bonds is 4. The van der Waals surface area contributed by atoms with Crippen LogP contribution in [0.15, 0.2) is 0 Å². The van der Waals surface area contributed by atoms with Crippen LogP contribution in [0.2, 0.25) is 0 Å². The Labute approximate surface area is 141 Å². The summed E-state index contributed by atoms with van der Waals surface area (Å²) in [5, 5.41) is 0. The Balaban J connectivity index is 2.03. The maximum atomic E-state index is 12.6. The van der Waals surface area contributed by atoms with Gasteiger partial charge in [0.25, 0.3) is 0 Å². The lowest BCUT2D eigenvalue weighted by atomic mass is 9.59. The third kappa shape index (κ3) is 2.13. The van der Waals surface area contributed by atoms with Gasteiger partial charge in [-0.2, -0.15) is 0 Å². The number of esters is 1. The van der Waals surface area contributed by atoms with Crippen molar-refractivity contribution in [1.29, 1.82) is 0 Å². The van der Waals surface area contributed by atoms with E-state index >= 15 is 0 Å². The fraction of sp³-hybridized carbons (Fsp3) is 0.947. The lowest BCUT2D eigenvalue weighted by molar-refractivity contribution is -0.156. The number of carbonyl (C=O) groups excluding carboxylic acids is 1. The maximum absolute atomic E-state index is 12.6. The molecular weight excluding hydrogens is 288 g/mol. The van der Waals surface area contributed by atoms with Gasteiger partial charge in [-0.1, -0.05) is 27.2 Å². The van der Waals surface area contributed by atoms with Gasteiger partial charge in [0.05, 0.1) is 12.1 Å². The van der Waals surface area contributed by atoms with E-state index in [0.717, 1.165) is 19.5 Å². The lowest BCUT2D eigenvalue weighted by Crippen LogP contribution is -2.70. The Morgan fingerprint density at radius 1 is 1.26 bits per heavy atom. The van der Waals surface area contributed by atoms with E-state index in [1.54, 1.807) is 0 Å². The molecule has 0 radical (unpaired) electrons. The zero-order valence-electron chi connectivity index (χ0n) is 15.4. The van der Waals surface area contributed by atoms with Crippen LogP contribution in [0, 0.1) is 16.7 Å². The molecule has 0 aromatic rings. The smallest absolute Gasteiger partial charge is 0.324 e. The van der Waals surface area contributed by atoms with Gasteiger partial charge in [-0.3, -0.25) is 9.69 Å². The summed E-state index contributed by atoms with van der Waals surface area (Å²) in [6.07, 6.45) is 7.24. The highest BCUT2D eigenvalue weighted by molar-refractivity contribution is 5.78. The van der Waals surface area contributed by atoms with Gasteiger partial charge in [0.15, 0.2) is 0 Å². The van der Waals surface area contributed by atoms with Crippen LogP contribution in [0.25, 0.3) is 0 Å². The zero-order valence-corrected chi connectivity index (χ0v) is 15.4. The third-order valence-corrected chi connectivity index (χ3v) is 7.92. The van der Waals surface area contributed by atoms with Crippen LogP contribution in [0.1, 0.15) is 66.2 Å². The second-order valence-electron chi connectivity index (χ2n) is 8.70. The Bertz CT molecular complexity index is 472. The number of nitrogens with zero attached hydrogens (tertiary/aromatic N) is 1. The summed E-state index contributed by atoms with van der Waals surface area (Å²) in [5.41, 5.74) is 6.73. The van der Waals surface area contributed by atoms with Crippen LogP contribution in [0.3, 0.4) is 0 Å². The van der Waals surface area contributed by atoms with E-state index in [1.165, 1.54) is 32.1 Å². The van der Waals surface area contributed by atoms with E-state index in [4.69, 9.17) is 10.5 Å². The van der Waals surface area contributed by atoms with Crippen molar-refractivity contribution in [2.24, 2.45) is 22.5 Å². The molecule has 1 aliphatic heterocycles. The van der Waals surface area contributed by atoms with Crippen LogP contribution in [-0.2, 0) is 9.53 Å². The van der Waals surface area contributed by atoms with Gasteiger partial charge < -0.3 is 10.5 Å². The minimum Gasteiger partial charge on any atom is -0.465 e. The average molecular weight is 322 g/mol.